The zero-order valence-corrected chi connectivity index (χ0v) is 15.9. The second-order valence-corrected chi connectivity index (χ2v) is 6.66. The summed E-state index contributed by atoms with van der Waals surface area (Å²) < 4.78 is 6.03. The second-order valence-electron chi connectivity index (χ2n) is 6.66. The molecule has 0 aliphatic heterocycles. The van der Waals surface area contributed by atoms with E-state index >= 15 is 0 Å². The third kappa shape index (κ3) is 5.09. The van der Waals surface area contributed by atoms with Gasteiger partial charge in [0.1, 0.15) is 5.75 Å². The van der Waals surface area contributed by atoms with Crippen molar-refractivity contribution in [2.45, 2.75) is 59.6 Å². The number of amides is 1. The molecule has 1 N–H and O–H groups in total. The number of hydrogen-bond donors (Lipinski definition) is 1. The first-order valence-electron chi connectivity index (χ1n) is 9.05. The van der Waals surface area contributed by atoms with Gasteiger partial charge in [-0.25, -0.2) is 0 Å². The van der Waals surface area contributed by atoms with Crippen molar-refractivity contribution in [2.75, 3.05) is 0 Å². The molecule has 0 saturated heterocycles. The van der Waals surface area contributed by atoms with Crippen molar-refractivity contribution in [2.24, 2.45) is 0 Å². The fourth-order valence-electron chi connectivity index (χ4n) is 2.79. The fourth-order valence-corrected chi connectivity index (χ4v) is 2.79. The Balaban J connectivity index is 2.10. The summed E-state index contributed by atoms with van der Waals surface area (Å²) in [5, 5.41) is 3.14. The molecule has 3 nitrogen and oxygen atoms in total. The molecule has 0 radical (unpaired) electrons. The monoisotopic (exact) mass is 339 g/mol. The molecule has 25 heavy (non-hydrogen) atoms. The van der Waals surface area contributed by atoms with E-state index in [4.69, 9.17) is 4.74 Å². The first-order valence-corrected chi connectivity index (χ1v) is 9.05. The highest BCUT2D eigenvalue weighted by molar-refractivity contribution is 5.81. The number of nitrogens with one attached hydrogen (secondary N) is 1. The van der Waals surface area contributed by atoms with Gasteiger partial charge in [0.2, 0.25) is 0 Å². The molecule has 0 bridgehead atoms. The Morgan fingerprint density at radius 1 is 0.960 bits per heavy atom. The standard InChI is InChI=1S/C22H29NO2/c1-6-19(18-12-9-15(3)10-13-18)23-22(24)20(7-2)25-21-14-16(4)8-11-17(21)5/h8-14,19-20H,6-7H2,1-5H3,(H,23,24)/t19-,20-/m1/s1. The summed E-state index contributed by atoms with van der Waals surface area (Å²) in [6, 6.07) is 14.4. The topological polar surface area (TPSA) is 38.3 Å². The lowest BCUT2D eigenvalue weighted by molar-refractivity contribution is -0.129. The molecule has 0 unspecified atom stereocenters. The summed E-state index contributed by atoms with van der Waals surface area (Å²) in [5.41, 5.74) is 4.52. The molecule has 2 aromatic carbocycles. The molecule has 0 aliphatic carbocycles. The Morgan fingerprint density at radius 2 is 1.60 bits per heavy atom. The number of rotatable bonds is 7. The number of hydrogen-bond acceptors (Lipinski definition) is 2. The molecule has 2 atom stereocenters. The van der Waals surface area contributed by atoms with Crippen LogP contribution in [0.1, 0.15) is 55.0 Å². The van der Waals surface area contributed by atoms with E-state index in [-0.39, 0.29) is 11.9 Å². The van der Waals surface area contributed by atoms with Gasteiger partial charge in [0.25, 0.3) is 5.91 Å². The van der Waals surface area contributed by atoms with Gasteiger partial charge in [-0.05, 0) is 56.4 Å². The first kappa shape index (κ1) is 19.0. The van der Waals surface area contributed by atoms with Crippen LogP contribution >= 0.6 is 0 Å². The lowest BCUT2D eigenvalue weighted by atomic mass is 10.0. The SMILES string of the molecule is CC[C@@H](Oc1cc(C)ccc1C)C(=O)N[C@H](CC)c1ccc(C)cc1. The molecule has 0 fully saturated rings. The maximum atomic E-state index is 12.7. The van der Waals surface area contributed by atoms with Gasteiger partial charge in [0, 0.05) is 0 Å². The summed E-state index contributed by atoms with van der Waals surface area (Å²) in [6.45, 7) is 10.1. The Bertz CT molecular complexity index is 706. The molecule has 0 saturated carbocycles. The summed E-state index contributed by atoms with van der Waals surface area (Å²) >= 11 is 0. The van der Waals surface area contributed by atoms with Crippen LogP contribution in [0.25, 0.3) is 0 Å². The van der Waals surface area contributed by atoms with Crippen LogP contribution in [0.2, 0.25) is 0 Å². The average Bonchev–Trinajstić information content (AvgIpc) is 2.61. The van der Waals surface area contributed by atoms with Gasteiger partial charge in [-0.15, -0.1) is 0 Å². The molecule has 0 aliphatic rings. The normalized spacial score (nSPS) is 13.2. The van der Waals surface area contributed by atoms with Gasteiger partial charge in [-0.3, -0.25) is 4.79 Å². The van der Waals surface area contributed by atoms with E-state index < -0.39 is 6.10 Å². The van der Waals surface area contributed by atoms with E-state index in [1.165, 1.54) is 5.56 Å². The molecule has 2 aromatic rings. The molecule has 1 amide bonds. The first-order chi connectivity index (χ1) is 11.9. The molecule has 2 rings (SSSR count). The van der Waals surface area contributed by atoms with Crippen LogP contribution in [0.15, 0.2) is 42.5 Å². The zero-order valence-electron chi connectivity index (χ0n) is 15.9. The van der Waals surface area contributed by atoms with Gasteiger partial charge in [0.15, 0.2) is 6.10 Å². The van der Waals surface area contributed by atoms with Gasteiger partial charge < -0.3 is 10.1 Å². The summed E-state index contributed by atoms with van der Waals surface area (Å²) in [7, 11) is 0. The zero-order chi connectivity index (χ0) is 18.4. The number of carbonyl (C=O) groups is 1. The van der Waals surface area contributed by atoms with Crippen LogP contribution in [0, 0.1) is 20.8 Å². The molecular weight excluding hydrogens is 310 g/mol. The van der Waals surface area contributed by atoms with Crippen molar-refractivity contribution in [1.82, 2.24) is 5.32 Å². The predicted octanol–water partition coefficient (Wildman–Crippen LogP) is 5.04. The molecular formula is C22H29NO2. The number of carbonyl (C=O) groups excluding carboxylic acids is 1. The molecule has 0 spiro atoms. The second kappa shape index (κ2) is 8.70. The highest BCUT2D eigenvalue weighted by Gasteiger charge is 2.22. The minimum atomic E-state index is -0.486. The Labute approximate surface area is 151 Å². The van der Waals surface area contributed by atoms with E-state index in [9.17, 15) is 4.79 Å². The van der Waals surface area contributed by atoms with Crippen LogP contribution < -0.4 is 10.1 Å². The van der Waals surface area contributed by atoms with Crippen LogP contribution in [0.4, 0.5) is 0 Å². The number of benzene rings is 2. The average molecular weight is 339 g/mol. The highest BCUT2D eigenvalue weighted by Crippen LogP contribution is 2.22. The largest absolute Gasteiger partial charge is 0.480 e. The van der Waals surface area contributed by atoms with Crippen LogP contribution in [-0.2, 0) is 4.79 Å². The van der Waals surface area contributed by atoms with Crippen molar-refractivity contribution in [3.05, 3.63) is 64.7 Å². The highest BCUT2D eigenvalue weighted by atomic mass is 16.5. The minimum Gasteiger partial charge on any atom is -0.480 e. The predicted molar refractivity (Wildman–Crippen MR) is 103 cm³/mol. The lowest BCUT2D eigenvalue weighted by Crippen LogP contribution is -2.40. The molecule has 134 valence electrons. The van der Waals surface area contributed by atoms with Crippen molar-refractivity contribution >= 4 is 5.91 Å². The summed E-state index contributed by atoms with van der Waals surface area (Å²) in [6.07, 6.45) is 0.984. The Morgan fingerprint density at radius 3 is 2.20 bits per heavy atom. The van der Waals surface area contributed by atoms with E-state index in [0.717, 1.165) is 28.9 Å². The number of ether oxygens (including phenoxy) is 1. The van der Waals surface area contributed by atoms with Crippen LogP contribution in [-0.4, -0.2) is 12.0 Å². The third-order valence-corrected chi connectivity index (χ3v) is 4.48. The molecule has 3 heteroatoms. The summed E-state index contributed by atoms with van der Waals surface area (Å²) in [5.74, 6) is 0.723. The maximum absolute atomic E-state index is 12.7. The van der Waals surface area contributed by atoms with E-state index in [2.05, 4.69) is 43.4 Å². The molecule has 0 aromatic heterocycles. The minimum absolute atomic E-state index is 0.00403. The van der Waals surface area contributed by atoms with Crippen molar-refractivity contribution in [3.63, 3.8) is 0 Å². The Hall–Kier alpha value is -2.29. The quantitative estimate of drug-likeness (QED) is 0.768. The van der Waals surface area contributed by atoms with Crippen LogP contribution in [0.3, 0.4) is 0 Å². The third-order valence-electron chi connectivity index (χ3n) is 4.48. The molecule has 0 heterocycles. The van der Waals surface area contributed by atoms with Gasteiger partial charge in [-0.1, -0.05) is 55.8 Å². The van der Waals surface area contributed by atoms with E-state index in [0.29, 0.717) is 6.42 Å². The lowest BCUT2D eigenvalue weighted by Gasteiger charge is -2.23. The van der Waals surface area contributed by atoms with Crippen molar-refractivity contribution in [1.29, 1.82) is 0 Å². The maximum Gasteiger partial charge on any atom is 0.261 e. The van der Waals surface area contributed by atoms with Crippen molar-refractivity contribution < 1.29 is 9.53 Å². The number of aryl methyl sites for hydroxylation is 3. The van der Waals surface area contributed by atoms with E-state index in [1.54, 1.807) is 0 Å². The van der Waals surface area contributed by atoms with Gasteiger partial charge in [0.05, 0.1) is 6.04 Å². The smallest absolute Gasteiger partial charge is 0.261 e. The van der Waals surface area contributed by atoms with Crippen molar-refractivity contribution in [3.8, 4) is 5.75 Å². The summed E-state index contributed by atoms with van der Waals surface area (Å²) in [4.78, 5) is 12.7. The van der Waals surface area contributed by atoms with Crippen LogP contribution in [0.5, 0.6) is 5.75 Å². The fraction of sp³-hybridized carbons (Fsp3) is 0.409. The van der Waals surface area contributed by atoms with E-state index in [1.807, 2.05) is 39.0 Å². The van der Waals surface area contributed by atoms with Gasteiger partial charge >= 0.3 is 0 Å². The van der Waals surface area contributed by atoms with Gasteiger partial charge in [-0.2, -0.15) is 0 Å². The Kier molecular flexibility index (Phi) is 6.63.